The van der Waals surface area contributed by atoms with E-state index in [1.165, 1.54) is 16.4 Å². The van der Waals surface area contributed by atoms with Crippen LogP contribution in [-0.2, 0) is 23.3 Å². The van der Waals surface area contributed by atoms with Crippen molar-refractivity contribution in [1.82, 2.24) is 4.31 Å². The summed E-state index contributed by atoms with van der Waals surface area (Å²) < 4.78 is 32.0. The van der Waals surface area contributed by atoms with Crippen LogP contribution in [0.2, 0.25) is 0 Å². The molecule has 0 bridgehead atoms. The second kappa shape index (κ2) is 8.30. The van der Waals surface area contributed by atoms with Crippen molar-refractivity contribution in [3.63, 3.8) is 0 Å². The van der Waals surface area contributed by atoms with E-state index in [0.29, 0.717) is 30.8 Å². The molecule has 30 heavy (non-hydrogen) atoms. The molecule has 0 spiro atoms. The topological polar surface area (TPSA) is 75.7 Å². The Hall–Kier alpha value is -3.16. The molecule has 1 aliphatic rings. The van der Waals surface area contributed by atoms with Gasteiger partial charge in [-0.2, -0.15) is 12.7 Å². The summed E-state index contributed by atoms with van der Waals surface area (Å²) in [5, 5.41) is 2.80. The summed E-state index contributed by atoms with van der Waals surface area (Å²) >= 11 is 0. The lowest BCUT2D eigenvalue weighted by molar-refractivity contribution is 0.102. The van der Waals surface area contributed by atoms with E-state index in [2.05, 4.69) is 5.32 Å². The molecule has 0 radical (unpaired) electrons. The summed E-state index contributed by atoms with van der Waals surface area (Å²) in [4.78, 5) is 12.3. The van der Waals surface area contributed by atoms with Crippen LogP contribution in [0, 0.1) is 6.92 Å². The minimum absolute atomic E-state index is 0.197. The lowest BCUT2D eigenvalue weighted by Gasteiger charge is -2.27. The number of fused-ring (bicyclic) bond motifs is 1. The molecule has 6 nitrogen and oxygen atoms in total. The highest BCUT2D eigenvalue weighted by atomic mass is 32.2. The van der Waals surface area contributed by atoms with Crippen molar-refractivity contribution in [2.24, 2.45) is 0 Å². The van der Waals surface area contributed by atoms with E-state index in [-0.39, 0.29) is 11.7 Å². The van der Waals surface area contributed by atoms with Crippen molar-refractivity contribution >= 4 is 21.9 Å². The van der Waals surface area contributed by atoms with Gasteiger partial charge in [-0.15, -0.1) is 0 Å². The normalized spacial score (nSPS) is 14.0. The zero-order chi connectivity index (χ0) is 21.1. The minimum atomic E-state index is -3.92. The van der Waals surface area contributed by atoms with E-state index >= 15 is 0 Å². The van der Waals surface area contributed by atoms with E-state index in [0.717, 1.165) is 16.7 Å². The van der Waals surface area contributed by atoms with Gasteiger partial charge in [-0.3, -0.25) is 4.79 Å². The van der Waals surface area contributed by atoms with Crippen molar-refractivity contribution in [3.8, 4) is 5.75 Å². The Bertz CT molecular complexity index is 1170. The summed E-state index contributed by atoms with van der Waals surface area (Å²) in [6.07, 6.45) is 0.655. The number of carbonyl (C=O) groups excluding carboxylic acids is 1. The SMILES string of the molecule is Cc1cccc(C(=O)Nc2ccc(OS(=O)(=O)N3CCc4ccccc4C3)cc2)c1. The summed E-state index contributed by atoms with van der Waals surface area (Å²) in [6.45, 7) is 2.59. The number of nitrogens with one attached hydrogen (secondary N) is 1. The summed E-state index contributed by atoms with van der Waals surface area (Å²) in [5.41, 5.74) is 4.26. The molecule has 3 aromatic carbocycles. The molecule has 0 aliphatic carbocycles. The van der Waals surface area contributed by atoms with Gasteiger partial charge in [-0.1, -0.05) is 42.0 Å². The van der Waals surface area contributed by atoms with Gasteiger partial charge in [0.25, 0.3) is 5.91 Å². The third-order valence-corrected chi connectivity index (χ3v) is 6.35. The molecular weight excluding hydrogens is 400 g/mol. The van der Waals surface area contributed by atoms with Gasteiger partial charge in [-0.05, 0) is 60.9 Å². The van der Waals surface area contributed by atoms with Crippen LogP contribution in [-0.4, -0.2) is 25.2 Å². The molecule has 0 fully saturated rings. The first-order valence-electron chi connectivity index (χ1n) is 9.65. The number of hydrogen-bond donors (Lipinski definition) is 1. The molecule has 0 unspecified atom stereocenters. The molecular formula is C23H22N2O4S. The van der Waals surface area contributed by atoms with Crippen LogP contribution in [0.5, 0.6) is 5.75 Å². The number of amides is 1. The van der Waals surface area contributed by atoms with Crippen molar-refractivity contribution < 1.29 is 17.4 Å². The van der Waals surface area contributed by atoms with Crippen molar-refractivity contribution in [2.45, 2.75) is 19.9 Å². The first kappa shape index (κ1) is 20.1. The second-order valence-corrected chi connectivity index (χ2v) is 8.78. The zero-order valence-corrected chi connectivity index (χ0v) is 17.4. The molecule has 1 aliphatic heterocycles. The summed E-state index contributed by atoms with van der Waals surface area (Å²) in [6, 6.07) is 21.4. The molecule has 0 saturated heterocycles. The Balaban J connectivity index is 1.41. The fourth-order valence-corrected chi connectivity index (χ4v) is 4.49. The third kappa shape index (κ3) is 4.53. The van der Waals surface area contributed by atoms with Crippen LogP contribution in [0.4, 0.5) is 5.69 Å². The predicted octanol–water partition coefficient (Wildman–Crippen LogP) is 3.93. The van der Waals surface area contributed by atoms with Gasteiger partial charge in [0.05, 0.1) is 0 Å². The first-order valence-corrected chi connectivity index (χ1v) is 11.0. The lowest BCUT2D eigenvalue weighted by atomic mass is 10.0. The average Bonchev–Trinajstić information content (AvgIpc) is 2.74. The number of aryl methyl sites for hydroxylation is 1. The van der Waals surface area contributed by atoms with Crippen molar-refractivity contribution in [2.75, 3.05) is 11.9 Å². The second-order valence-electron chi connectivity index (χ2n) is 7.24. The number of benzene rings is 3. The van der Waals surface area contributed by atoms with E-state index in [4.69, 9.17) is 4.18 Å². The van der Waals surface area contributed by atoms with Crippen molar-refractivity contribution in [1.29, 1.82) is 0 Å². The molecule has 4 rings (SSSR count). The largest absolute Gasteiger partial charge is 0.385 e. The minimum Gasteiger partial charge on any atom is -0.371 e. The highest BCUT2D eigenvalue weighted by Crippen LogP contribution is 2.24. The molecule has 0 saturated carbocycles. The Morgan fingerprint density at radius 3 is 2.43 bits per heavy atom. The molecule has 1 N–H and O–H groups in total. The highest BCUT2D eigenvalue weighted by molar-refractivity contribution is 7.84. The number of rotatable bonds is 5. The summed E-state index contributed by atoms with van der Waals surface area (Å²) in [7, 11) is -3.92. The quantitative estimate of drug-likeness (QED) is 0.676. The van der Waals surface area contributed by atoms with Gasteiger partial charge in [0, 0.05) is 24.3 Å². The van der Waals surface area contributed by atoms with E-state index in [9.17, 15) is 13.2 Å². The van der Waals surface area contributed by atoms with Gasteiger partial charge in [0.1, 0.15) is 5.75 Å². The zero-order valence-electron chi connectivity index (χ0n) is 16.5. The Morgan fingerprint density at radius 1 is 0.967 bits per heavy atom. The number of hydrogen-bond acceptors (Lipinski definition) is 4. The highest BCUT2D eigenvalue weighted by Gasteiger charge is 2.28. The molecule has 0 atom stereocenters. The van der Waals surface area contributed by atoms with Crippen LogP contribution in [0.1, 0.15) is 27.0 Å². The standard InChI is InChI=1S/C23H22N2O4S/c1-17-5-4-8-19(15-17)23(26)24-21-9-11-22(12-10-21)29-30(27,28)25-14-13-18-6-2-3-7-20(18)16-25/h2-12,15H,13-14,16H2,1H3,(H,24,26). The molecule has 154 valence electrons. The molecule has 7 heteroatoms. The number of anilines is 1. The maximum Gasteiger partial charge on any atom is 0.385 e. The van der Waals surface area contributed by atoms with E-state index in [1.54, 1.807) is 24.3 Å². The van der Waals surface area contributed by atoms with E-state index < -0.39 is 10.3 Å². The monoisotopic (exact) mass is 422 g/mol. The summed E-state index contributed by atoms with van der Waals surface area (Å²) in [5.74, 6) is -0.0330. The van der Waals surface area contributed by atoms with Gasteiger partial charge in [-0.25, -0.2) is 0 Å². The van der Waals surface area contributed by atoms with Crippen LogP contribution < -0.4 is 9.50 Å². The maximum atomic E-state index is 12.7. The van der Waals surface area contributed by atoms with Crippen LogP contribution >= 0.6 is 0 Å². The van der Waals surface area contributed by atoms with Crippen LogP contribution in [0.15, 0.2) is 72.8 Å². The first-order chi connectivity index (χ1) is 14.4. The Kier molecular flexibility index (Phi) is 5.57. The van der Waals surface area contributed by atoms with Gasteiger partial charge >= 0.3 is 10.3 Å². The van der Waals surface area contributed by atoms with Gasteiger partial charge < -0.3 is 9.50 Å². The molecule has 1 heterocycles. The number of nitrogens with zero attached hydrogens (tertiary/aromatic N) is 1. The Morgan fingerprint density at radius 2 is 1.70 bits per heavy atom. The average molecular weight is 423 g/mol. The maximum absolute atomic E-state index is 12.7. The molecule has 1 amide bonds. The van der Waals surface area contributed by atoms with Gasteiger partial charge in [0.15, 0.2) is 0 Å². The Labute approximate surface area is 176 Å². The van der Waals surface area contributed by atoms with Crippen LogP contribution in [0.25, 0.3) is 0 Å². The fraction of sp³-hybridized carbons (Fsp3) is 0.174. The molecule has 3 aromatic rings. The third-order valence-electron chi connectivity index (χ3n) is 5.01. The lowest BCUT2D eigenvalue weighted by Crippen LogP contribution is -2.38. The fourth-order valence-electron chi connectivity index (χ4n) is 3.42. The predicted molar refractivity (Wildman–Crippen MR) is 116 cm³/mol. The van der Waals surface area contributed by atoms with Crippen molar-refractivity contribution in [3.05, 3.63) is 95.1 Å². The van der Waals surface area contributed by atoms with E-state index in [1.807, 2.05) is 43.3 Å². The van der Waals surface area contributed by atoms with Gasteiger partial charge in [0.2, 0.25) is 0 Å². The van der Waals surface area contributed by atoms with Crippen LogP contribution in [0.3, 0.4) is 0 Å². The molecule has 0 aromatic heterocycles. The number of carbonyl (C=O) groups is 1. The smallest absolute Gasteiger partial charge is 0.371 e.